The third-order valence-electron chi connectivity index (χ3n) is 16.0. The van der Waals surface area contributed by atoms with Gasteiger partial charge in [0.25, 0.3) is 0 Å². The van der Waals surface area contributed by atoms with E-state index in [1.54, 1.807) is 12.1 Å². The van der Waals surface area contributed by atoms with E-state index >= 15 is 0 Å². The van der Waals surface area contributed by atoms with Crippen molar-refractivity contribution >= 4 is 90.7 Å². The SMILES string of the molecule is CCCCCCCCCCCCc1cc(CCCCCCCCCCCC)c2cc(S(=O)(=O)[O-])ccc2c1.CCCCCCCCCCCCc1cc(CCCCCCCCCCCC)c2cc(S(=O)(=O)[O-])ccc2c1.[Ba+2]. The van der Waals surface area contributed by atoms with Crippen LogP contribution in [0.25, 0.3) is 21.5 Å². The van der Waals surface area contributed by atoms with Gasteiger partial charge in [-0.05, 0) is 119 Å². The van der Waals surface area contributed by atoms with Gasteiger partial charge in [0.15, 0.2) is 0 Å². The van der Waals surface area contributed by atoms with Crippen molar-refractivity contribution in [3.05, 3.63) is 82.9 Å². The molecule has 0 N–H and O–H groups in total. The summed E-state index contributed by atoms with van der Waals surface area (Å²) < 4.78 is 69.9. The normalized spacial score (nSPS) is 11.8. The average Bonchev–Trinajstić information content (AvgIpc) is 3.40. The van der Waals surface area contributed by atoms with E-state index in [2.05, 4.69) is 52.0 Å². The molecule has 0 aliphatic carbocycles. The first-order valence-electron chi connectivity index (χ1n) is 31.9. The van der Waals surface area contributed by atoms with Gasteiger partial charge in [-0.2, -0.15) is 0 Å². The Morgan fingerprint density at radius 1 is 0.286 bits per heavy atom. The molecule has 4 rings (SSSR count). The van der Waals surface area contributed by atoms with Gasteiger partial charge in [0.1, 0.15) is 20.2 Å². The van der Waals surface area contributed by atoms with Gasteiger partial charge < -0.3 is 9.11 Å². The van der Waals surface area contributed by atoms with Gasteiger partial charge in [0.2, 0.25) is 0 Å². The fourth-order valence-electron chi connectivity index (χ4n) is 11.2. The molecular weight excluding hydrogens is 1110 g/mol. The maximum atomic E-state index is 11.7. The quantitative estimate of drug-likeness (QED) is 0.0247. The summed E-state index contributed by atoms with van der Waals surface area (Å²) >= 11 is 0. The van der Waals surface area contributed by atoms with Crippen molar-refractivity contribution in [1.82, 2.24) is 0 Å². The van der Waals surface area contributed by atoms with Crippen molar-refractivity contribution in [3.8, 4) is 0 Å². The molecule has 4 aromatic rings. The molecule has 0 bridgehead atoms. The molecular formula is C68H110BaO6S2. The van der Waals surface area contributed by atoms with Crippen LogP contribution in [0.3, 0.4) is 0 Å². The van der Waals surface area contributed by atoms with Crippen molar-refractivity contribution in [2.45, 2.75) is 320 Å². The van der Waals surface area contributed by atoms with Crippen LogP contribution < -0.4 is 0 Å². The van der Waals surface area contributed by atoms with Crippen LogP contribution in [0.4, 0.5) is 0 Å². The van der Waals surface area contributed by atoms with E-state index in [4.69, 9.17) is 0 Å². The second-order valence-corrected chi connectivity index (χ2v) is 25.7. The molecule has 432 valence electrons. The average molecular weight is 1230 g/mol. The standard InChI is InChI=1S/2C34H56O3S.Ba/c2*1-3-5-7-9-11-13-15-17-19-21-23-30-27-31(24-22-20-18-16-14-12-10-8-6-4-2)34-29-33(38(35,36)37)26-25-32(34)28-30;/h2*25-29H,3-24H2,1-2H3,(H,35,36,37);/q;;+2/p-2. The largest absolute Gasteiger partial charge is 2.00 e. The number of hydrogen-bond donors (Lipinski definition) is 0. The van der Waals surface area contributed by atoms with Crippen LogP contribution in [-0.2, 0) is 45.9 Å². The summed E-state index contributed by atoms with van der Waals surface area (Å²) in [6.07, 6.45) is 56.8. The molecule has 0 radical (unpaired) electrons. The van der Waals surface area contributed by atoms with Gasteiger partial charge in [-0.25, -0.2) is 16.8 Å². The zero-order valence-corrected chi connectivity index (χ0v) is 55.9. The fraction of sp³-hybridized carbons (Fsp3) is 0.706. The minimum absolute atomic E-state index is 0. The topological polar surface area (TPSA) is 114 Å². The maximum Gasteiger partial charge on any atom is 2.00 e. The monoisotopic (exact) mass is 1220 g/mol. The van der Waals surface area contributed by atoms with Crippen LogP contribution in [-0.4, -0.2) is 74.8 Å². The molecule has 0 aromatic heterocycles. The van der Waals surface area contributed by atoms with E-state index in [0.717, 1.165) is 60.1 Å². The van der Waals surface area contributed by atoms with E-state index < -0.39 is 20.2 Å². The Labute approximate surface area is 514 Å². The van der Waals surface area contributed by atoms with Crippen LogP contribution in [0.2, 0.25) is 0 Å². The van der Waals surface area contributed by atoms with Crippen molar-refractivity contribution in [2.24, 2.45) is 0 Å². The van der Waals surface area contributed by atoms with Crippen molar-refractivity contribution in [2.75, 3.05) is 0 Å². The van der Waals surface area contributed by atoms with E-state index in [0.29, 0.717) is 0 Å². The summed E-state index contributed by atoms with van der Waals surface area (Å²) in [5, 5.41) is 3.99. The molecule has 0 aliphatic heterocycles. The maximum absolute atomic E-state index is 11.7. The summed E-state index contributed by atoms with van der Waals surface area (Å²) in [6.45, 7) is 9.06. The molecule has 0 unspecified atom stereocenters. The van der Waals surface area contributed by atoms with Crippen LogP contribution in [0.15, 0.2) is 70.5 Å². The van der Waals surface area contributed by atoms with E-state index in [1.807, 2.05) is 12.1 Å². The molecule has 0 amide bonds. The van der Waals surface area contributed by atoms with E-state index in [9.17, 15) is 25.9 Å². The van der Waals surface area contributed by atoms with Crippen LogP contribution in [0.1, 0.15) is 307 Å². The number of aryl methyl sites for hydroxylation is 4. The molecule has 0 heterocycles. The van der Waals surface area contributed by atoms with Gasteiger partial charge in [0, 0.05) is 0 Å². The molecule has 77 heavy (non-hydrogen) atoms. The molecule has 0 spiro atoms. The number of unbranched alkanes of at least 4 members (excludes halogenated alkanes) is 36. The molecule has 0 saturated carbocycles. The zero-order chi connectivity index (χ0) is 55.0. The summed E-state index contributed by atoms with van der Waals surface area (Å²) in [7, 11) is -8.89. The second-order valence-electron chi connectivity index (χ2n) is 22.9. The first kappa shape index (κ1) is 71.9. The third kappa shape index (κ3) is 33.5. The van der Waals surface area contributed by atoms with Gasteiger partial charge in [0.05, 0.1) is 9.79 Å². The molecule has 4 aromatic carbocycles. The van der Waals surface area contributed by atoms with Crippen molar-refractivity contribution in [3.63, 3.8) is 0 Å². The zero-order valence-electron chi connectivity index (χ0n) is 49.9. The summed E-state index contributed by atoms with van der Waals surface area (Å²) in [5.74, 6) is 0. The van der Waals surface area contributed by atoms with Crippen LogP contribution >= 0.6 is 0 Å². The van der Waals surface area contributed by atoms with Crippen LogP contribution in [0.5, 0.6) is 0 Å². The molecule has 9 heteroatoms. The minimum Gasteiger partial charge on any atom is -0.744 e. The Hall–Kier alpha value is -1.21. The Morgan fingerprint density at radius 3 is 0.740 bits per heavy atom. The summed E-state index contributed by atoms with van der Waals surface area (Å²) in [6, 6.07) is 18.8. The predicted octanol–water partition coefficient (Wildman–Crippen LogP) is 21.0. The first-order chi connectivity index (χ1) is 36.9. The van der Waals surface area contributed by atoms with Crippen molar-refractivity contribution < 1.29 is 25.9 Å². The number of fused-ring (bicyclic) bond motifs is 2. The summed E-state index contributed by atoms with van der Waals surface area (Å²) in [4.78, 5) is -0.228. The fourth-order valence-corrected chi connectivity index (χ4v) is 12.2. The number of rotatable bonds is 46. The first-order valence-corrected chi connectivity index (χ1v) is 34.8. The van der Waals surface area contributed by atoms with Gasteiger partial charge >= 0.3 is 48.9 Å². The smallest absolute Gasteiger partial charge is 0.744 e. The number of hydrogen-bond acceptors (Lipinski definition) is 6. The molecule has 6 nitrogen and oxygen atoms in total. The molecule has 0 fully saturated rings. The minimum atomic E-state index is -4.45. The Morgan fingerprint density at radius 2 is 0.506 bits per heavy atom. The Kier molecular flexibility index (Phi) is 42.3. The predicted molar refractivity (Wildman–Crippen MR) is 332 cm³/mol. The van der Waals surface area contributed by atoms with Gasteiger partial charge in [-0.3, -0.25) is 0 Å². The molecule has 0 aliphatic rings. The number of benzene rings is 4. The van der Waals surface area contributed by atoms with Gasteiger partial charge in [-0.15, -0.1) is 0 Å². The van der Waals surface area contributed by atoms with Crippen molar-refractivity contribution in [1.29, 1.82) is 0 Å². The Balaban J connectivity index is 0.000000520. The Bertz CT molecular complexity index is 2160. The van der Waals surface area contributed by atoms with Gasteiger partial charge in [-0.1, -0.05) is 295 Å². The molecule has 0 saturated heterocycles. The second kappa shape index (κ2) is 45.3. The molecule has 0 atom stereocenters. The van der Waals surface area contributed by atoms with Crippen LogP contribution in [0, 0.1) is 0 Å². The summed E-state index contributed by atoms with van der Waals surface area (Å²) in [5.41, 5.74) is 5.10. The third-order valence-corrected chi connectivity index (χ3v) is 17.6. The van der Waals surface area contributed by atoms with E-state index in [-0.39, 0.29) is 58.7 Å². The van der Waals surface area contributed by atoms with E-state index in [1.165, 1.54) is 278 Å².